The molecule has 1 N–H and O–H groups in total. The van der Waals surface area contributed by atoms with E-state index in [0.717, 1.165) is 12.8 Å². The Morgan fingerprint density at radius 2 is 1.64 bits per heavy atom. The van der Waals surface area contributed by atoms with Crippen molar-refractivity contribution in [2.75, 3.05) is 7.11 Å². The van der Waals surface area contributed by atoms with E-state index < -0.39 is 5.97 Å². The zero-order valence-corrected chi connectivity index (χ0v) is 12.3. The molecule has 0 radical (unpaired) electrons. The summed E-state index contributed by atoms with van der Waals surface area (Å²) in [4.78, 5) is 23.9. The molecule has 0 heterocycles. The Bertz CT molecular complexity index is 699. The highest BCUT2D eigenvalue weighted by molar-refractivity contribution is 5.98. The van der Waals surface area contributed by atoms with Gasteiger partial charge in [0.2, 0.25) is 0 Å². The molecule has 0 unspecified atom stereocenters. The van der Waals surface area contributed by atoms with Crippen molar-refractivity contribution in [3.8, 4) is 0 Å². The van der Waals surface area contributed by atoms with Gasteiger partial charge in [0.1, 0.15) is 0 Å². The van der Waals surface area contributed by atoms with Crippen LogP contribution < -0.4 is 5.32 Å². The number of benzene rings is 2. The van der Waals surface area contributed by atoms with E-state index in [1.807, 2.05) is 12.1 Å². The van der Waals surface area contributed by atoms with E-state index in [1.54, 1.807) is 24.3 Å². The number of carbonyl (C=O) groups excluding carboxylic acids is 2. The molecule has 0 fully saturated rings. The van der Waals surface area contributed by atoms with Crippen molar-refractivity contribution < 1.29 is 14.3 Å². The van der Waals surface area contributed by atoms with Crippen LogP contribution in [0.15, 0.2) is 48.5 Å². The summed E-state index contributed by atoms with van der Waals surface area (Å²) in [5.41, 5.74) is 3.43. The van der Waals surface area contributed by atoms with Crippen LogP contribution in [0.3, 0.4) is 0 Å². The SMILES string of the molecule is COC(=O)c1cccc(C(=O)NC2Cc3ccccc3C2)c1. The fourth-order valence-electron chi connectivity index (χ4n) is 2.83. The summed E-state index contributed by atoms with van der Waals surface area (Å²) in [7, 11) is 1.32. The van der Waals surface area contributed by atoms with E-state index in [4.69, 9.17) is 0 Å². The Labute approximate surface area is 129 Å². The summed E-state index contributed by atoms with van der Waals surface area (Å²) in [5, 5.41) is 3.04. The molecule has 1 aliphatic rings. The standard InChI is InChI=1S/C18H17NO3/c1-22-18(21)15-8-4-7-14(9-15)17(20)19-16-10-12-5-2-3-6-13(12)11-16/h2-9,16H,10-11H2,1H3,(H,19,20). The summed E-state index contributed by atoms with van der Waals surface area (Å²) in [6.07, 6.45) is 1.69. The van der Waals surface area contributed by atoms with Gasteiger partial charge in [-0.05, 0) is 42.2 Å². The molecule has 1 amide bonds. The van der Waals surface area contributed by atoms with Gasteiger partial charge in [0, 0.05) is 11.6 Å². The fraction of sp³-hybridized carbons (Fsp3) is 0.222. The van der Waals surface area contributed by atoms with Gasteiger partial charge >= 0.3 is 5.97 Å². The van der Waals surface area contributed by atoms with Gasteiger partial charge in [-0.25, -0.2) is 4.79 Å². The van der Waals surface area contributed by atoms with Gasteiger partial charge in [0.05, 0.1) is 12.7 Å². The molecular formula is C18H17NO3. The molecular weight excluding hydrogens is 278 g/mol. The first-order valence-corrected chi connectivity index (χ1v) is 7.23. The average molecular weight is 295 g/mol. The molecule has 0 spiro atoms. The summed E-state index contributed by atoms with van der Waals surface area (Å²) < 4.78 is 4.68. The first kappa shape index (κ1) is 14.3. The van der Waals surface area contributed by atoms with E-state index >= 15 is 0 Å². The molecule has 3 rings (SSSR count). The maximum absolute atomic E-state index is 12.4. The third-order valence-corrected chi connectivity index (χ3v) is 3.93. The fourth-order valence-corrected chi connectivity index (χ4v) is 2.83. The second kappa shape index (κ2) is 6.02. The number of hydrogen-bond donors (Lipinski definition) is 1. The van der Waals surface area contributed by atoms with Crippen molar-refractivity contribution in [3.63, 3.8) is 0 Å². The third kappa shape index (κ3) is 2.86. The minimum absolute atomic E-state index is 0.103. The van der Waals surface area contributed by atoms with E-state index in [1.165, 1.54) is 18.2 Å². The Kier molecular flexibility index (Phi) is 3.92. The maximum atomic E-state index is 12.4. The minimum Gasteiger partial charge on any atom is -0.465 e. The zero-order valence-electron chi connectivity index (χ0n) is 12.3. The summed E-state index contributed by atoms with van der Waals surface area (Å²) in [6.45, 7) is 0. The topological polar surface area (TPSA) is 55.4 Å². The zero-order chi connectivity index (χ0) is 15.5. The van der Waals surface area contributed by atoms with Crippen LogP contribution in [0.4, 0.5) is 0 Å². The number of amides is 1. The van der Waals surface area contributed by atoms with Crippen molar-refractivity contribution in [2.24, 2.45) is 0 Å². The van der Waals surface area contributed by atoms with Crippen LogP contribution in [-0.4, -0.2) is 25.0 Å². The Morgan fingerprint density at radius 1 is 1.00 bits per heavy atom. The van der Waals surface area contributed by atoms with Gasteiger partial charge < -0.3 is 10.1 Å². The molecule has 22 heavy (non-hydrogen) atoms. The van der Waals surface area contributed by atoms with Crippen LogP contribution in [0, 0.1) is 0 Å². The van der Waals surface area contributed by atoms with Crippen LogP contribution in [0.1, 0.15) is 31.8 Å². The molecule has 1 aliphatic carbocycles. The summed E-state index contributed by atoms with van der Waals surface area (Å²) in [5.74, 6) is -0.605. The lowest BCUT2D eigenvalue weighted by molar-refractivity contribution is 0.0600. The lowest BCUT2D eigenvalue weighted by atomic mass is 10.1. The number of carbonyl (C=O) groups is 2. The van der Waals surface area contributed by atoms with Crippen molar-refractivity contribution in [3.05, 3.63) is 70.8 Å². The predicted molar refractivity (Wildman–Crippen MR) is 82.9 cm³/mol. The van der Waals surface area contributed by atoms with Gasteiger partial charge in [0.15, 0.2) is 0 Å². The number of rotatable bonds is 3. The molecule has 4 nitrogen and oxygen atoms in total. The van der Waals surface area contributed by atoms with Gasteiger partial charge in [-0.3, -0.25) is 4.79 Å². The Balaban J connectivity index is 1.70. The Hall–Kier alpha value is -2.62. The highest BCUT2D eigenvalue weighted by Gasteiger charge is 2.23. The molecule has 0 saturated carbocycles. The van der Waals surface area contributed by atoms with Crippen molar-refractivity contribution in [1.82, 2.24) is 5.32 Å². The quantitative estimate of drug-likeness (QED) is 0.885. The van der Waals surface area contributed by atoms with E-state index in [-0.39, 0.29) is 11.9 Å². The highest BCUT2D eigenvalue weighted by atomic mass is 16.5. The van der Waals surface area contributed by atoms with Crippen LogP contribution in [0.5, 0.6) is 0 Å². The minimum atomic E-state index is -0.442. The monoisotopic (exact) mass is 295 g/mol. The van der Waals surface area contributed by atoms with Crippen LogP contribution in [0.2, 0.25) is 0 Å². The van der Waals surface area contributed by atoms with Gasteiger partial charge in [-0.2, -0.15) is 0 Å². The van der Waals surface area contributed by atoms with Crippen molar-refractivity contribution >= 4 is 11.9 Å². The van der Waals surface area contributed by atoms with Crippen LogP contribution in [-0.2, 0) is 17.6 Å². The number of hydrogen-bond acceptors (Lipinski definition) is 3. The number of esters is 1. The first-order chi connectivity index (χ1) is 10.7. The summed E-state index contributed by atoms with van der Waals surface area (Å²) >= 11 is 0. The lowest BCUT2D eigenvalue weighted by Gasteiger charge is -2.12. The Morgan fingerprint density at radius 3 is 2.27 bits per heavy atom. The third-order valence-electron chi connectivity index (χ3n) is 3.93. The highest BCUT2D eigenvalue weighted by Crippen LogP contribution is 2.22. The molecule has 2 aromatic carbocycles. The predicted octanol–water partition coefficient (Wildman–Crippen LogP) is 2.37. The molecule has 4 heteroatoms. The number of fused-ring (bicyclic) bond motifs is 1. The van der Waals surface area contributed by atoms with Crippen LogP contribution in [0.25, 0.3) is 0 Å². The van der Waals surface area contributed by atoms with E-state index in [0.29, 0.717) is 11.1 Å². The molecule has 0 aromatic heterocycles. The average Bonchev–Trinajstić information content (AvgIpc) is 2.96. The number of ether oxygens (including phenoxy) is 1. The second-order valence-electron chi connectivity index (χ2n) is 5.42. The second-order valence-corrected chi connectivity index (χ2v) is 5.42. The normalized spacial score (nSPS) is 13.5. The molecule has 112 valence electrons. The van der Waals surface area contributed by atoms with E-state index in [2.05, 4.69) is 22.2 Å². The van der Waals surface area contributed by atoms with Gasteiger partial charge in [-0.1, -0.05) is 30.3 Å². The number of nitrogens with one attached hydrogen (secondary N) is 1. The smallest absolute Gasteiger partial charge is 0.337 e. The lowest BCUT2D eigenvalue weighted by Crippen LogP contribution is -2.35. The van der Waals surface area contributed by atoms with Gasteiger partial charge in [0.25, 0.3) is 5.91 Å². The molecule has 0 aliphatic heterocycles. The first-order valence-electron chi connectivity index (χ1n) is 7.23. The summed E-state index contributed by atoms with van der Waals surface area (Å²) in [6, 6.07) is 14.9. The largest absolute Gasteiger partial charge is 0.465 e. The van der Waals surface area contributed by atoms with Crippen molar-refractivity contribution in [2.45, 2.75) is 18.9 Å². The van der Waals surface area contributed by atoms with Crippen LogP contribution >= 0.6 is 0 Å². The molecule has 0 atom stereocenters. The van der Waals surface area contributed by atoms with E-state index in [9.17, 15) is 9.59 Å². The molecule has 2 aromatic rings. The molecule has 0 saturated heterocycles. The maximum Gasteiger partial charge on any atom is 0.337 e. The molecule has 0 bridgehead atoms. The number of methoxy groups -OCH3 is 1. The van der Waals surface area contributed by atoms with Crippen molar-refractivity contribution in [1.29, 1.82) is 0 Å². The van der Waals surface area contributed by atoms with Gasteiger partial charge in [-0.15, -0.1) is 0 Å².